The van der Waals surface area contributed by atoms with Crippen LogP contribution < -0.4 is 10.6 Å². The lowest BCUT2D eigenvalue weighted by Crippen LogP contribution is -2.57. The zero-order chi connectivity index (χ0) is 23.3. The number of carbonyl (C=O) groups excluding carboxylic acids is 2. The van der Waals surface area contributed by atoms with Crippen LogP contribution in [-0.2, 0) is 0 Å². The summed E-state index contributed by atoms with van der Waals surface area (Å²) in [5, 5.41) is 4.41. The highest BCUT2D eigenvalue weighted by atomic mass is 32.1. The molecule has 0 bridgehead atoms. The maximum atomic E-state index is 13.1. The van der Waals surface area contributed by atoms with E-state index >= 15 is 0 Å². The van der Waals surface area contributed by atoms with E-state index in [0.717, 1.165) is 52.2 Å². The predicted molar refractivity (Wildman–Crippen MR) is 143 cm³/mol. The fourth-order valence-corrected chi connectivity index (χ4v) is 14.5. The number of Topliss-reactive ketones (excluding diaryl/α,β-unsaturated/α-hetero) is 2. The first kappa shape index (κ1) is 23.0. The Morgan fingerprint density at radius 3 is 1.48 bits per heavy atom. The number of thiophene rings is 2. The summed E-state index contributed by atoms with van der Waals surface area (Å²) >= 11 is 6.58. The Kier molecular flexibility index (Phi) is 6.11. The van der Waals surface area contributed by atoms with E-state index in [1.54, 1.807) is 45.3 Å². The summed E-state index contributed by atoms with van der Waals surface area (Å²) < 4.78 is 0. The van der Waals surface area contributed by atoms with Crippen molar-refractivity contribution in [2.24, 2.45) is 0 Å². The van der Waals surface area contributed by atoms with Crippen molar-refractivity contribution < 1.29 is 9.59 Å². The molecule has 0 aliphatic carbocycles. The van der Waals surface area contributed by atoms with Gasteiger partial charge in [0.2, 0.25) is 0 Å². The molecule has 4 aromatic heterocycles. The number of carbonyl (C=O) groups is 2. The van der Waals surface area contributed by atoms with Crippen molar-refractivity contribution in [3.05, 3.63) is 53.8 Å². The van der Waals surface area contributed by atoms with Crippen LogP contribution in [-0.4, -0.2) is 29.6 Å². The molecule has 1 aliphatic rings. The van der Waals surface area contributed by atoms with Crippen molar-refractivity contribution in [3.63, 3.8) is 0 Å². The molecular weight excluding hydrogens is 505 g/mol. The van der Waals surface area contributed by atoms with Gasteiger partial charge in [-0.2, -0.15) is 0 Å². The molecule has 0 unspecified atom stereocenters. The molecule has 33 heavy (non-hydrogen) atoms. The first-order chi connectivity index (χ1) is 15.8. The molecule has 9 heteroatoms. The number of hydrogen-bond donors (Lipinski definition) is 0. The van der Waals surface area contributed by atoms with Gasteiger partial charge in [0.05, 0.1) is 40.2 Å². The van der Waals surface area contributed by atoms with Crippen LogP contribution >= 0.6 is 45.3 Å². The number of ketones is 2. The van der Waals surface area contributed by atoms with Gasteiger partial charge in [0.15, 0.2) is 19.6 Å². The van der Waals surface area contributed by atoms with Crippen LogP contribution in [0.3, 0.4) is 0 Å². The molecule has 0 spiro atoms. The quantitative estimate of drug-likeness (QED) is 0.206. The largest absolute Gasteiger partial charge is 0.293 e. The minimum absolute atomic E-state index is 0.189. The Labute approximate surface area is 210 Å². The van der Waals surface area contributed by atoms with Crippen LogP contribution in [0.1, 0.15) is 52.0 Å². The van der Waals surface area contributed by atoms with Crippen molar-refractivity contribution in [2.75, 3.05) is 0 Å². The number of rotatable bonds is 8. The van der Waals surface area contributed by atoms with E-state index in [4.69, 9.17) is 9.97 Å². The van der Waals surface area contributed by atoms with E-state index < -0.39 is 8.07 Å². The van der Waals surface area contributed by atoms with E-state index in [2.05, 4.69) is 13.8 Å². The van der Waals surface area contributed by atoms with Crippen molar-refractivity contribution >= 4 is 75.6 Å². The molecule has 0 atom stereocenters. The molecule has 0 aromatic carbocycles. The average Bonchev–Trinajstić information content (AvgIpc) is 3.57. The molecule has 4 aromatic rings. The highest BCUT2D eigenvalue weighted by Gasteiger charge is 2.51. The predicted octanol–water partition coefficient (Wildman–Crippen LogP) is 6.05. The zero-order valence-corrected chi connectivity index (χ0v) is 23.2. The Bertz CT molecular complexity index is 1270. The Morgan fingerprint density at radius 1 is 0.697 bits per heavy atom. The van der Waals surface area contributed by atoms with Gasteiger partial charge in [0.25, 0.3) is 0 Å². The minimum atomic E-state index is -2.44. The van der Waals surface area contributed by atoms with Gasteiger partial charge in [0, 0.05) is 22.6 Å². The van der Waals surface area contributed by atoms with E-state index in [9.17, 15) is 9.59 Å². The second-order valence-electron chi connectivity index (χ2n) is 8.57. The van der Waals surface area contributed by atoms with E-state index in [0.29, 0.717) is 12.8 Å². The second kappa shape index (κ2) is 8.78. The Balaban J connectivity index is 1.50. The maximum absolute atomic E-state index is 13.1. The lowest BCUT2D eigenvalue weighted by atomic mass is 10.2. The smallest absolute Gasteiger partial charge is 0.172 e. The molecule has 0 fully saturated rings. The van der Waals surface area contributed by atoms with E-state index in [1.165, 1.54) is 9.75 Å². The molecule has 0 radical (unpaired) electrons. The SMILES string of the molecule is Cc1ccc(C(=O)CC[Si]2(CCC(=O)c3ccc(C)s3)c3nc(C)sc3-c3sc(C)nc32)s1. The summed E-state index contributed by atoms with van der Waals surface area (Å²) in [6, 6.07) is 9.39. The van der Waals surface area contributed by atoms with Crippen LogP contribution in [0.5, 0.6) is 0 Å². The third kappa shape index (κ3) is 4.14. The summed E-state index contributed by atoms with van der Waals surface area (Å²) in [6.45, 7) is 8.16. The first-order valence-electron chi connectivity index (χ1n) is 10.9. The van der Waals surface area contributed by atoms with Gasteiger partial charge in [-0.05, 0) is 64.0 Å². The van der Waals surface area contributed by atoms with E-state index in [-0.39, 0.29) is 11.6 Å². The maximum Gasteiger partial charge on any atom is 0.172 e. The van der Waals surface area contributed by atoms with Crippen LogP contribution in [0.4, 0.5) is 0 Å². The number of fused-ring (bicyclic) bond motifs is 3. The normalized spacial score (nSPS) is 13.8. The topological polar surface area (TPSA) is 59.9 Å². The summed E-state index contributed by atoms with van der Waals surface area (Å²) in [5.41, 5.74) is 0. The Hall–Kier alpha value is -1.78. The lowest BCUT2D eigenvalue weighted by molar-refractivity contribution is 0.0986. The van der Waals surface area contributed by atoms with Gasteiger partial charge in [-0.1, -0.05) is 0 Å². The summed E-state index contributed by atoms with van der Waals surface area (Å²) in [4.78, 5) is 42.6. The molecule has 4 nitrogen and oxygen atoms in total. The molecule has 0 saturated heterocycles. The molecule has 5 rings (SSSR count). The monoisotopic (exact) mass is 528 g/mol. The zero-order valence-electron chi connectivity index (χ0n) is 19.0. The molecule has 1 aliphatic heterocycles. The molecule has 0 amide bonds. The second-order valence-corrected chi connectivity index (χ2v) is 17.7. The van der Waals surface area contributed by atoms with Crippen LogP contribution in [0.2, 0.25) is 12.1 Å². The average molecular weight is 529 g/mol. The van der Waals surface area contributed by atoms with Gasteiger partial charge in [-0.25, -0.2) is 0 Å². The molecule has 0 N–H and O–H groups in total. The fraction of sp³-hybridized carbons (Fsp3) is 0.333. The Morgan fingerprint density at radius 2 is 1.12 bits per heavy atom. The molecular formula is C24H24N2O2S4Si. The summed E-state index contributed by atoms with van der Waals surface area (Å²) in [7, 11) is -2.44. The van der Waals surface area contributed by atoms with Crippen molar-refractivity contribution in [3.8, 4) is 9.75 Å². The third-order valence-electron chi connectivity index (χ3n) is 6.17. The van der Waals surface area contributed by atoms with Crippen molar-refractivity contribution in [1.82, 2.24) is 9.97 Å². The first-order valence-corrected chi connectivity index (χ1v) is 16.6. The van der Waals surface area contributed by atoms with Gasteiger partial charge in [-0.15, -0.1) is 45.3 Å². The number of nitrogens with zero attached hydrogens (tertiary/aromatic N) is 2. The highest BCUT2D eigenvalue weighted by Crippen LogP contribution is 2.40. The van der Waals surface area contributed by atoms with Crippen molar-refractivity contribution in [1.29, 1.82) is 0 Å². The lowest BCUT2D eigenvalue weighted by Gasteiger charge is -2.25. The summed E-state index contributed by atoms with van der Waals surface area (Å²) in [6.07, 6.45) is 0.953. The van der Waals surface area contributed by atoms with Crippen LogP contribution in [0, 0.1) is 27.7 Å². The summed E-state index contributed by atoms with van der Waals surface area (Å²) in [5.74, 6) is 0.378. The number of aryl methyl sites for hydroxylation is 4. The molecule has 170 valence electrons. The standard InChI is InChI=1S/C24H24N2O2S4Si/c1-13-5-7-19(29-13)17(27)9-11-33(12-10-18(28)20-8-6-14(2)30-20)23-21(31-15(3)25-23)22-24(33)26-16(4)32-22/h5-8H,9-12H2,1-4H3. The third-order valence-corrected chi connectivity index (χ3v) is 15.5. The van der Waals surface area contributed by atoms with Gasteiger partial charge >= 0.3 is 0 Å². The fourth-order valence-electron chi connectivity index (χ4n) is 4.59. The minimum Gasteiger partial charge on any atom is -0.293 e. The van der Waals surface area contributed by atoms with Crippen LogP contribution in [0.25, 0.3) is 9.75 Å². The molecule has 5 heterocycles. The van der Waals surface area contributed by atoms with Crippen LogP contribution in [0.15, 0.2) is 24.3 Å². The number of hydrogen-bond acceptors (Lipinski definition) is 8. The van der Waals surface area contributed by atoms with Gasteiger partial charge in [-0.3, -0.25) is 19.6 Å². The van der Waals surface area contributed by atoms with Gasteiger partial charge in [0.1, 0.15) is 0 Å². The molecule has 0 saturated carbocycles. The number of thiazole rings is 2. The van der Waals surface area contributed by atoms with Crippen molar-refractivity contribution in [2.45, 2.75) is 52.6 Å². The number of aromatic nitrogens is 2. The highest BCUT2D eigenvalue weighted by molar-refractivity contribution is 7.28. The van der Waals surface area contributed by atoms with Gasteiger partial charge < -0.3 is 0 Å². The van der Waals surface area contributed by atoms with E-state index in [1.807, 2.05) is 38.1 Å².